The second kappa shape index (κ2) is 7.30. The predicted octanol–water partition coefficient (Wildman–Crippen LogP) is 2.24. The van der Waals surface area contributed by atoms with E-state index in [1.807, 2.05) is 13.0 Å². The molecule has 2 N–H and O–H groups in total. The Kier molecular flexibility index (Phi) is 5.70. The zero-order chi connectivity index (χ0) is 14.5. The first kappa shape index (κ1) is 15.6. The average molecular weight is 316 g/mol. The van der Waals surface area contributed by atoms with E-state index < -0.39 is 0 Å². The number of hydrogen-bond acceptors (Lipinski definition) is 1. The Morgan fingerprint density at radius 3 is 2.65 bits per heavy atom. The van der Waals surface area contributed by atoms with Gasteiger partial charge in [0, 0.05) is 10.0 Å². The second-order valence-electron chi connectivity index (χ2n) is 5.44. The molecule has 0 bridgehead atoms. The van der Waals surface area contributed by atoms with Gasteiger partial charge in [-0.2, -0.15) is 0 Å². The van der Waals surface area contributed by atoms with Crippen molar-refractivity contribution < 1.29 is 9.69 Å². The van der Waals surface area contributed by atoms with E-state index in [1.165, 1.54) is 24.2 Å². The summed E-state index contributed by atoms with van der Waals surface area (Å²) in [5.41, 5.74) is 0.901. The summed E-state index contributed by atoms with van der Waals surface area (Å²) in [6, 6.07) is 5.26. The highest BCUT2D eigenvalue weighted by Gasteiger charge is 2.19. The predicted molar refractivity (Wildman–Crippen MR) is 82.4 cm³/mol. The molecule has 5 heteroatoms. The van der Waals surface area contributed by atoms with E-state index in [2.05, 4.69) is 5.32 Å². The molecule has 0 radical (unpaired) electrons. The van der Waals surface area contributed by atoms with Crippen LogP contribution in [0.25, 0.3) is 0 Å². The highest BCUT2D eigenvalue weighted by molar-refractivity contribution is 6.35. The first-order valence-corrected chi connectivity index (χ1v) is 7.89. The van der Waals surface area contributed by atoms with E-state index in [0.717, 1.165) is 18.7 Å². The lowest BCUT2D eigenvalue weighted by Crippen LogP contribution is -3.13. The maximum Gasteiger partial charge on any atom is 0.275 e. The van der Waals surface area contributed by atoms with Gasteiger partial charge < -0.3 is 10.2 Å². The molecule has 20 heavy (non-hydrogen) atoms. The number of amides is 1. The smallest absolute Gasteiger partial charge is 0.275 e. The molecule has 1 heterocycles. The monoisotopic (exact) mass is 315 g/mol. The topological polar surface area (TPSA) is 33.5 Å². The van der Waals surface area contributed by atoms with E-state index in [0.29, 0.717) is 16.6 Å². The quantitative estimate of drug-likeness (QED) is 0.878. The minimum absolute atomic E-state index is 0.0837. The van der Waals surface area contributed by atoms with Crippen LogP contribution in [0, 0.1) is 0 Å². The Bertz CT molecular complexity index is 473. The summed E-state index contributed by atoms with van der Waals surface area (Å²) < 4.78 is 0. The lowest BCUT2D eigenvalue weighted by molar-refractivity contribution is -0.896. The number of likely N-dealkylation sites (tertiary alicyclic amines) is 1. The fraction of sp³-hybridized carbons (Fsp3) is 0.533. The van der Waals surface area contributed by atoms with E-state index >= 15 is 0 Å². The first-order valence-electron chi connectivity index (χ1n) is 7.14. The van der Waals surface area contributed by atoms with Crippen molar-refractivity contribution in [1.29, 1.82) is 0 Å². The van der Waals surface area contributed by atoms with Crippen molar-refractivity contribution >= 4 is 29.1 Å². The van der Waals surface area contributed by atoms with Crippen LogP contribution in [0.5, 0.6) is 0 Å². The number of carbonyl (C=O) groups excluding carboxylic acids is 1. The Balaban J connectivity index is 1.89. The van der Waals surface area contributed by atoms with Gasteiger partial charge in [-0.15, -0.1) is 0 Å². The Morgan fingerprint density at radius 1 is 1.30 bits per heavy atom. The largest absolute Gasteiger partial charge is 0.345 e. The summed E-state index contributed by atoms with van der Waals surface area (Å²) in [6.45, 7) is 4.70. The average Bonchev–Trinajstić information content (AvgIpc) is 2.39. The van der Waals surface area contributed by atoms with Gasteiger partial charge in [0.1, 0.15) is 0 Å². The van der Waals surface area contributed by atoms with Crippen molar-refractivity contribution in [1.82, 2.24) is 5.32 Å². The fourth-order valence-electron chi connectivity index (χ4n) is 2.68. The van der Waals surface area contributed by atoms with E-state index in [4.69, 9.17) is 23.2 Å². The SMILES string of the molecule is C[C@@H](NC(=O)C[NH+]1CCCCC1)c1ccc(Cl)cc1Cl. The molecular formula is C15H21Cl2N2O+. The van der Waals surface area contributed by atoms with Crippen LogP contribution in [0.2, 0.25) is 10.0 Å². The standard InChI is InChI=1S/C15H20Cl2N2O/c1-11(13-6-5-12(16)9-14(13)17)18-15(20)10-19-7-3-2-4-8-19/h5-6,9,11H,2-4,7-8,10H2,1H3,(H,18,20)/p+1/t11-/m1/s1. The van der Waals surface area contributed by atoms with Crippen LogP contribution in [-0.2, 0) is 4.79 Å². The molecule has 0 aromatic heterocycles. The summed E-state index contributed by atoms with van der Waals surface area (Å²) in [7, 11) is 0. The number of rotatable bonds is 4. The summed E-state index contributed by atoms with van der Waals surface area (Å²) in [6.07, 6.45) is 3.74. The number of benzene rings is 1. The number of piperidine rings is 1. The van der Waals surface area contributed by atoms with Crippen molar-refractivity contribution in [3.8, 4) is 0 Å². The van der Waals surface area contributed by atoms with Gasteiger partial charge in [0.15, 0.2) is 6.54 Å². The van der Waals surface area contributed by atoms with Crippen LogP contribution >= 0.6 is 23.2 Å². The summed E-state index contributed by atoms with van der Waals surface area (Å²) in [5.74, 6) is 0.0837. The van der Waals surface area contributed by atoms with E-state index in [9.17, 15) is 4.79 Å². The lowest BCUT2D eigenvalue weighted by Gasteiger charge is -2.24. The molecule has 1 aliphatic heterocycles. The fourth-order valence-corrected chi connectivity index (χ4v) is 3.25. The molecule has 1 aromatic carbocycles. The number of halogens is 2. The van der Waals surface area contributed by atoms with Crippen LogP contribution in [0.4, 0.5) is 0 Å². The van der Waals surface area contributed by atoms with Crippen molar-refractivity contribution in [2.45, 2.75) is 32.2 Å². The lowest BCUT2D eigenvalue weighted by atomic mass is 10.1. The molecule has 3 nitrogen and oxygen atoms in total. The summed E-state index contributed by atoms with van der Waals surface area (Å²) >= 11 is 12.0. The van der Waals surface area contributed by atoms with Crippen LogP contribution in [0.15, 0.2) is 18.2 Å². The molecule has 110 valence electrons. The highest BCUT2D eigenvalue weighted by Crippen LogP contribution is 2.25. The molecule has 0 aliphatic carbocycles. The summed E-state index contributed by atoms with van der Waals surface area (Å²) in [4.78, 5) is 13.5. The maximum atomic E-state index is 12.1. The minimum Gasteiger partial charge on any atom is -0.345 e. The maximum absolute atomic E-state index is 12.1. The van der Waals surface area contributed by atoms with Crippen LogP contribution in [0.1, 0.15) is 37.8 Å². The first-order chi connectivity index (χ1) is 9.56. The van der Waals surface area contributed by atoms with Crippen molar-refractivity contribution in [3.63, 3.8) is 0 Å². The second-order valence-corrected chi connectivity index (χ2v) is 6.29. The third kappa shape index (κ3) is 4.37. The van der Waals surface area contributed by atoms with E-state index in [-0.39, 0.29) is 11.9 Å². The molecule has 1 saturated heterocycles. The van der Waals surface area contributed by atoms with E-state index in [1.54, 1.807) is 12.1 Å². The molecule has 0 saturated carbocycles. The molecule has 0 spiro atoms. The molecular weight excluding hydrogens is 295 g/mol. The molecule has 2 rings (SSSR count). The zero-order valence-electron chi connectivity index (χ0n) is 11.7. The Hall–Kier alpha value is -0.770. The third-order valence-corrected chi connectivity index (χ3v) is 4.34. The van der Waals surface area contributed by atoms with Gasteiger partial charge in [-0.25, -0.2) is 0 Å². The third-order valence-electron chi connectivity index (χ3n) is 3.78. The molecule has 1 aliphatic rings. The Labute approximate surface area is 130 Å². The van der Waals surface area contributed by atoms with Gasteiger partial charge in [-0.1, -0.05) is 29.3 Å². The Morgan fingerprint density at radius 2 is 2.00 bits per heavy atom. The van der Waals surface area contributed by atoms with Crippen LogP contribution in [0.3, 0.4) is 0 Å². The number of carbonyl (C=O) groups is 1. The normalized spacial score (nSPS) is 17.8. The molecule has 1 fully saturated rings. The van der Waals surface area contributed by atoms with Gasteiger partial charge >= 0.3 is 0 Å². The number of quaternary nitrogens is 1. The molecule has 0 unspecified atom stereocenters. The number of nitrogens with one attached hydrogen (secondary N) is 2. The van der Waals surface area contributed by atoms with Gasteiger partial charge in [-0.3, -0.25) is 4.79 Å². The van der Waals surface area contributed by atoms with Crippen molar-refractivity contribution in [2.75, 3.05) is 19.6 Å². The zero-order valence-corrected chi connectivity index (χ0v) is 13.2. The van der Waals surface area contributed by atoms with Gasteiger partial charge in [0.05, 0.1) is 19.1 Å². The molecule has 1 aromatic rings. The molecule has 1 atom stereocenters. The minimum atomic E-state index is -0.101. The molecule has 1 amide bonds. The van der Waals surface area contributed by atoms with Crippen molar-refractivity contribution in [2.24, 2.45) is 0 Å². The van der Waals surface area contributed by atoms with Gasteiger partial charge in [0.2, 0.25) is 0 Å². The van der Waals surface area contributed by atoms with Crippen LogP contribution < -0.4 is 10.2 Å². The number of hydrogen-bond donors (Lipinski definition) is 2. The highest BCUT2D eigenvalue weighted by atomic mass is 35.5. The van der Waals surface area contributed by atoms with Crippen LogP contribution in [-0.4, -0.2) is 25.5 Å². The van der Waals surface area contributed by atoms with Gasteiger partial charge in [0.25, 0.3) is 5.91 Å². The van der Waals surface area contributed by atoms with Gasteiger partial charge in [-0.05, 0) is 43.9 Å². The summed E-state index contributed by atoms with van der Waals surface area (Å²) in [5, 5.41) is 4.22. The van der Waals surface area contributed by atoms with Crippen molar-refractivity contribution in [3.05, 3.63) is 33.8 Å².